The third-order valence-corrected chi connectivity index (χ3v) is 3.95. The number of aryl methyl sites for hydroxylation is 2. The molecule has 112 valence electrons. The summed E-state index contributed by atoms with van der Waals surface area (Å²) < 4.78 is 0. The maximum Gasteiger partial charge on any atom is 0.222 e. The van der Waals surface area contributed by atoms with E-state index in [0.717, 1.165) is 32.4 Å². The highest BCUT2D eigenvalue weighted by Crippen LogP contribution is 2.11. The van der Waals surface area contributed by atoms with E-state index < -0.39 is 0 Å². The quantitative estimate of drug-likeness (QED) is 0.906. The summed E-state index contributed by atoms with van der Waals surface area (Å²) >= 11 is 0. The van der Waals surface area contributed by atoms with Crippen LogP contribution in [0.1, 0.15) is 30.4 Å². The lowest BCUT2D eigenvalue weighted by atomic mass is 10.1. The minimum Gasteiger partial charge on any atom is -0.341 e. The molecule has 1 fully saturated rings. The van der Waals surface area contributed by atoms with Gasteiger partial charge in [-0.2, -0.15) is 0 Å². The van der Waals surface area contributed by atoms with Gasteiger partial charge in [-0.15, -0.1) is 12.4 Å². The van der Waals surface area contributed by atoms with E-state index in [2.05, 4.69) is 36.5 Å². The van der Waals surface area contributed by atoms with Crippen molar-refractivity contribution in [2.75, 3.05) is 20.1 Å². The zero-order chi connectivity index (χ0) is 13.7. The first kappa shape index (κ1) is 17.0. The Hall–Kier alpha value is -1.06. The van der Waals surface area contributed by atoms with Crippen molar-refractivity contribution in [2.24, 2.45) is 0 Å². The largest absolute Gasteiger partial charge is 0.341 e. The van der Waals surface area contributed by atoms with Crippen LogP contribution in [0.15, 0.2) is 24.3 Å². The molecule has 0 spiro atoms. The number of carbonyl (C=O) groups is 1. The molecule has 1 heterocycles. The van der Waals surface area contributed by atoms with Gasteiger partial charge in [0.25, 0.3) is 0 Å². The highest BCUT2D eigenvalue weighted by atomic mass is 35.5. The van der Waals surface area contributed by atoms with Crippen LogP contribution in [0.25, 0.3) is 0 Å². The van der Waals surface area contributed by atoms with Crippen molar-refractivity contribution in [3.63, 3.8) is 0 Å². The lowest BCUT2D eigenvalue weighted by Crippen LogP contribution is -2.38. The van der Waals surface area contributed by atoms with Crippen LogP contribution in [-0.2, 0) is 11.2 Å². The van der Waals surface area contributed by atoms with Crippen molar-refractivity contribution >= 4 is 18.3 Å². The minimum absolute atomic E-state index is 0. The number of carbonyl (C=O) groups excluding carboxylic acids is 1. The molecule has 0 radical (unpaired) electrons. The Balaban J connectivity index is 0.00000200. The van der Waals surface area contributed by atoms with Crippen LogP contribution in [-0.4, -0.2) is 37.0 Å². The molecular formula is C16H25ClN2O. The summed E-state index contributed by atoms with van der Waals surface area (Å²) in [6.07, 6.45) is 3.66. The molecular weight excluding hydrogens is 272 g/mol. The lowest BCUT2D eigenvalue weighted by Gasteiger charge is -2.23. The number of likely N-dealkylation sites (N-methyl/N-ethyl adjacent to an activating group) is 1. The molecule has 1 saturated heterocycles. The van der Waals surface area contributed by atoms with Gasteiger partial charge in [0.1, 0.15) is 0 Å². The first-order valence-corrected chi connectivity index (χ1v) is 7.19. The van der Waals surface area contributed by atoms with Crippen molar-refractivity contribution in [3.8, 4) is 0 Å². The topological polar surface area (TPSA) is 32.3 Å². The summed E-state index contributed by atoms with van der Waals surface area (Å²) in [5.74, 6) is 0.279. The van der Waals surface area contributed by atoms with E-state index in [0.29, 0.717) is 12.5 Å². The zero-order valence-corrected chi connectivity index (χ0v) is 13.2. The van der Waals surface area contributed by atoms with E-state index in [4.69, 9.17) is 0 Å². The van der Waals surface area contributed by atoms with Crippen molar-refractivity contribution in [1.29, 1.82) is 0 Å². The molecule has 1 aliphatic rings. The zero-order valence-electron chi connectivity index (χ0n) is 12.4. The van der Waals surface area contributed by atoms with Crippen LogP contribution in [0, 0.1) is 6.92 Å². The van der Waals surface area contributed by atoms with Crippen molar-refractivity contribution < 1.29 is 4.79 Å². The van der Waals surface area contributed by atoms with E-state index in [1.807, 2.05) is 11.9 Å². The molecule has 0 bridgehead atoms. The molecule has 1 aliphatic heterocycles. The predicted molar refractivity (Wildman–Crippen MR) is 85.4 cm³/mol. The fourth-order valence-corrected chi connectivity index (χ4v) is 2.55. The summed E-state index contributed by atoms with van der Waals surface area (Å²) in [6, 6.07) is 8.97. The van der Waals surface area contributed by atoms with E-state index >= 15 is 0 Å². The van der Waals surface area contributed by atoms with Crippen LogP contribution >= 0.6 is 12.4 Å². The molecule has 0 aromatic heterocycles. The maximum atomic E-state index is 12.1. The van der Waals surface area contributed by atoms with Crippen LogP contribution in [0.4, 0.5) is 0 Å². The van der Waals surface area contributed by atoms with Crippen LogP contribution in [0.3, 0.4) is 0 Å². The summed E-state index contributed by atoms with van der Waals surface area (Å²) in [5, 5.41) is 3.30. The van der Waals surface area contributed by atoms with Crippen LogP contribution in [0.2, 0.25) is 0 Å². The van der Waals surface area contributed by atoms with Crippen LogP contribution < -0.4 is 5.32 Å². The monoisotopic (exact) mass is 296 g/mol. The molecule has 1 N–H and O–H groups in total. The van der Waals surface area contributed by atoms with Gasteiger partial charge in [0.05, 0.1) is 0 Å². The van der Waals surface area contributed by atoms with Gasteiger partial charge in [-0.25, -0.2) is 0 Å². The second kappa shape index (κ2) is 8.28. The fraction of sp³-hybridized carbons (Fsp3) is 0.562. The number of hydrogen-bond acceptors (Lipinski definition) is 2. The number of amides is 1. The number of rotatable bonds is 5. The lowest BCUT2D eigenvalue weighted by molar-refractivity contribution is -0.131. The van der Waals surface area contributed by atoms with Gasteiger partial charge >= 0.3 is 0 Å². The van der Waals surface area contributed by atoms with E-state index in [1.54, 1.807) is 0 Å². The molecule has 1 atom stereocenters. The molecule has 3 nitrogen and oxygen atoms in total. The SMILES string of the molecule is Cc1ccc(CCCC(=O)N(C)C2CCNC2)cc1.Cl. The molecule has 2 rings (SSSR count). The Morgan fingerprint density at radius 3 is 2.65 bits per heavy atom. The molecule has 0 aliphatic carbocycles. The van der Waals surface area contributed by atoms with Gasteiger partial charge in [-0.05, 0) is 38.3 Å². The fourth-order valence-electron chi connectivity index (χ4n) is 2.55. The third-order valence-electron chi connectivity index (χ3n) is 3.95. The van der Waals surface area contributed by atoms with Crippen LogP contribution in [0.5, 0.6) is 0 Å². The van der Waals surface area contributed by atoms with Crippen molar-refractivity contribution in [3.05, 3.63) is 35.4 Å². The highest BCUT2D eigenvalue weighted by Gasteiger charge is 2.22. The van der Waals surface area contributed by atoms with Gasteiger partial charge in [0.2, 0.25) is 5.91 Å². The van der Waals surface area contributed by atoms with Gasteiger partial charge in [0, 0.05) is 26.1 Å². The molecule has 1 aromatic rings. The maximum absolute atomic E-state index is 12.1. The van der Waals surface area contributed by atoms with Crippen molar-refractivity contribution in [2.45, 2.75) is 38.6 Å². The van der Waals surface area contributed by atoms with Gasteiger partial charge in [-0.3, -0.25) is 4.79 Å². The Morgan fingerprint density at radius 2 is 2.05 bits per heavy atom. The molecule has 20 heavy (non-hydrogen) atoms. The standard InChI is InChI=1S/C16H24N2O.ClH/c1-13-6-8-14(9-7-13)4-3-5-16(19)18(2)15-10-11-17-12-15;/h6-9,15,17H,3-5,10-12H2,1-2H3;1H. The summed E-state index contributed by atoms with van der Waals surface area (Å²) in [6.45, 7) is 4.07. The number of nitrogens with one attached hydrogen (secondary N) is 1. The first-order valence-electron chi connectivity index (χ1n) is 7.19. The Labute approximate surface area is 128 Å². The Kier molecular flexibility index (Phi) is 7.03. The van der Waals surface area contributed by atoms with E-state index in [-0.39, 0.29) is 18.3 Å². The van der Waals surface area contributed by atoms with E-state index in [9.17, 15) is 4.79 Å². The predicted octanol–water partition coefficient (Wildman–Crippen LogP) is 2.56. The second-order valence-corrected chi connectivity index (χ2v) is 5.49. The average Bonchev–Trinajstić information content (AvgIpc) is 2.94. The molecule has 1 unspecified atom stereocenters. The van der Waals surface area contributed by atoms with Crippen molar-refractivity contribution in [1.82, 2.24) is 10.2 Å². The summed E-state index contributed by atoms with van der Waals surface area (Å²) in [7, 11) is 1.94. The highest BCUT2D eigenvalue weighted by molar-refractivity contribution is 5.85. The second-order valence-electron chi connectivity index (χ2n) is 5.49. The molecule has 1 aromatic carbocycles. The Bertz CT molecular complexity index is 413. The number of nitrogens with zero attached hydrogens (tertiary/aromatic N) is 1. The third kappa shape index (κ3) is 4.80. The molecule has 0 saturated carbocycles. The summed E-state index contributed by atoms with van der Waals surface area (Å²) in [4.78, 5) is 14.0. The average molecular weight is 297 g/mol. The van der Waals surface area contributed by atoms with Gasteiger partial charge < -0.3 is 10.2 Å². The van der Waals surface area contributed by atoms with Gasteiger partial charge in [0.15, 0.2) is 0 Å². The smallest absolute Gasteiger partial charge is 0.222 e. The Morgan fingerprint density at radius 1 is 1.35 bits per heavy atom. The van der Waals surface area contributed by atoms with Gasteiger partial charge in [-0.1, -0.05) is 29.8 Å². The minimum atomic E-state index is 0. The molecule has 4 heteroatoms. The first-order chi connectivity index (χ1) is 9.16. The number of benzene rings is 1. The summed E-state index contributed by atoms with van der Waals surface area (Å²) in [5.41, 5.74) is 2.61. The normalized spacial score (nSPS) is 17.6. The van der Waals surface area contributed by atoms with E-state index in [1.165, 1.54) is 11.1 Å². The molecule has 1 amide bonds. The number of halogens is 1. The number of hydrogen-bond donors (Lipinski definition) is 1.